The minimum atomic E-state index is -3.09. The molecule has 1 fully saturated rings. The number of hydrogen-bond donors (Lipinski definition) is 2. The lowest BCUT2D eigenvalue weighted by Gasteiger charge is -2.21. The number of nitrogens with one attached hydrogen (secondary N) is 2. The molecule has 1 aliphatic carbocycles. The van der Waals surface area contributed by atoms with Crippen molar-refractivity contribution in [3.8, 4) is 0 Å². The van der Waals surface area contributed by atoms with Crippen LogP contribution in [-0.4, -0.2) is 55.5 Å². The molecule has 1 aliphatic rings. The fourth-order valence-electron chi connectivity index (χ4n) is 2.46. The quantitative estimate of drug-likeness (QED) is 0.350. The van der Waals surface area contributed by atoms with E-state index in [4.69, 9.17) is 0 Å². The van der Waals surface area contributed by atoms with Gasteiger partial charge in [0, 0.05) is 24.9 Å². The zero-order valence-electron chi connectivity index (χ0n) is 14.9. The van der Waals surface area contributed by atoms with E-state index in [1.165, 1.54) is 6.42 Å². The minimum absolute atomic E-state index is 0. The van der Waals surface area contributed by atoms with E-state index in [1.54, 1.807) is 27.8 Å². The molecule has 0 radical (unpaired) electrons. The number of guanidine groups is 1. The van der Waals surface area contributed by atoms with E-state index < -0.39 is 14.6 Å². The molecule has 0 aromatic rings. The third kappa shape index (κ3) is 7.81. The van der Waals surface area contributed by atoms with Crippen LogP contribution in [0.2, 0.25) is 0 Å². The SMILES string of the molecule is CCSC1CCC(NC(=NC)NCCS(=O)(=O)C(C)(C)C)C1.I. The Bertz CT molecular complexity index is 476. The molecule has 23 heavy (non-hydrogen) atoms. The molecule has 0 heterocycles. The number of hydrogen-bond acceptors (Lipinski definition) is 4. The van der Waals surface area contributed by atoms with Gasteiger partial charge in [-0.05, 0) is 45.8 Å². The molecule has 0 amide bonds. The van der Waals surface area contributed by atoms with E-state index in [2.05, 4.69) is 22.5 Å². The van der Waals surface area contributed by atoms with Gasteiger partial charge in [0.15, 0.2) is 15.8 Å². The average molecular weight is 477 g/mol. The summed E-state index contributed by atoms with van der Waals surface area (Å²) in [7, 11) is -1.37. The largest absolute Gasteiger partial charge is 0.355 e. The monoisotopic (exact) mass is 477 g/mol. The molecule has 0 aromatic heterocycles. The molecule has 2 unspecified atom stereocenters. The summed E-state index contributed by atoms with van der Waals surface area (Å²) in [4.78, 5) is 4.20. The van der Waals surface area contributed by atoms with Crippen LogP contribution in [0.4, 0.5) is 0 Å². The molecule has 0 bridgehead atoms. The van der Waals surface area contributed by atoms with Gasteiger partial charge in [0.25, 0.3) is 0 Å². The summed E-state index contributed by atoms with van der Waals surface area (Å²) in [6.45, 7) is 7.79. The first-order chi connectivity index (χ1) is 10.2. The Morgan fingerprint density at radius 1 is 1.30 bits per heavy atom. The van der Waals surface area contributed by atoms with E-state index in [0.29, 0.717) is 18.5 Å². The highest BCUT2D eigenvalue weighted by atomic mass is 127. The Hall–Kier alpha value is 0.300. The summed E-state index contributed by atoms with van der Waals surface area (Å²) in [5.41, 5.74) is 0. The first-order valence-corrected chi connectivity index (χ1v) is 10.7. The number of rotatable bonds is 6. The maximum Gasteiger partial charge on any atom is 0.191 e. The van der Waals surface area contributed by atoms with E-state index >= 15 is 0 Å². The maximum atomic E-state index is 12.1. The van der Waals surface area contributed by atoms with Crippen molar-refractivity contribution in [3.05, 3.63) is 0 Å². The smallest absolute Gasteiger partial charge is 0.191 e. The van der Waals surface area contributed by atoms with Crippen molar-refractivity contribution in [1.82, 2.24) is 10.6 Å². The lowest BCUT2D eigenvalue weighted by molar-refractivity contribution is 0.558. The van der Waals surface area contributed by atoms with Crippen molar-refractivity contribution >= 4 is 51.5 Å². The Kier molecular flexibility index (Phi) is 10.5. The van der Waals surface area contributed by atoms with Gasteiger partial charge in [0.1, 0.15) is 0 Å². The van der Waals surface area contributed by atoms with Gasteiger partial charge in [-0.25, -0.2) is 8.42 Å². The minimum Gasteiger partial charge on any atom is -0.355 e. The van der Waals surface area contributed by atoms with Gasteiger partial charge < -0.3 is 10.6 Å². The molecular formula is C15H32IN3O2S2. The molecule has 0 saturated heterocycles. The van der Waals surface area contributed by atoms with Gasteiger partial charge in [-0.1, -0.05) is 6.92 Å². The zero-order chi connectivity index (χ0) is 16.8. The van der Waals surface area contributed by atoms with Gasteiger partial charge in [-0.15, -0.1) is 24.0 Å². The van der Waals surface area contributed by atoms with Crippen LogP contribution in [0.25, 0.3) is 0 Å². The first-order valence-electron chi connectivity index (χ1n) is 8.00. The van der Waals surface area contributed by atoms with Crippen LogP contribution in [0.1, 0.15) is 47.0 Å². The van der Waals surface area contributed by atoms with Crippen LogP contribution in [0, 0.1) is 0 Å². The third-order valence-corrected chi connectivity index (χ3v) is 7.79. The van der Waals surface area contributed by atoms with Crippen LogP contribution in [-0.2, 0) is 9.84 Å². The molecule has 1 rings (SSSR count). The summed E-state index contributed by atoms with van der Waals surface area (Å²) in [6.07, 6.45) is 3.55. The number of sulfone groups is 1. The molecule has 0 spiro atoms. The Morgan fingerprint density at radius 3 is 2.48 bits per heavy atom. The Balaban J connectivity index is 0.00000484. The van der Waals surface area contributed by atoms with E-state index in [0.717, 1.165) is 23.8 Å². The lowest BCUT2D eigenvalue weighted by atomic mass is 10.2. The van der Waals surface area contributed by atoms with Crippen molar-refractivity contribution < 1.29 is 8.42 Å². The fourth-order valence-corrected chi connectivity index (χ4v) is 4.58. The third-order valence-electron chi connectivity index (χ3n) is 3.95. The number of thioether (sulfide) groups is 1. The van der Waals surface area contributed by atoms with Crippen molar-refractivity contribution in [3.63, 3.8) is 0 Å². The summed E-state index contributed by atoms with van der Waals surface area (Å²) >= 11 is 2.02. The molecule has 8 heteroatoms. The van der Waals surface area contributed by atoms with Crippen molar-refractivity contribution in [2.45, 2.75) is 63.0 Å². The molecule has 138 valence electrons. The number of aliphatic imine (C=N–C) groups is 1. The first kappa shape index (κ1) is 23.3. The summed E-state index contributed by atoms with van der Waals surface area (Å²) in [6, 6.07) is 0.439. The normalized spacial score (nSPS) is 22.6. The van der Waals surface area contributed by atoms with Crippen LogP contribution in [0.15, 0.2) is 4.99 Å². The van der Waals surface area contributed by atoms with Crippen LogP contribution in [0.3, 0.4) is 0 Å². The molecule has 2 atom stereocenters. The molecular weight excluding hydrogens is 445 g/mol. The summed E-state index contributed by atoms with van der Waals surface area (Å²) in [5, 5.41) is 7.27. The number of halogens is 1. The van der Waals surface area contributed by atoms with Gasteiger partial charge in [0.2, 0.25) is 0 Å². The Labute approximate surface area is 163 Å². The predicted molar refractivity (Wildman–Crippen MR) is 113 cm³/mol. The molecule has 2 N–H and O–H groups in total. The van der Waals surface area contributed by atoms with Crippen molar-refractivity contribution in [2.75, 3.05) is 25.1 Å². The highest BCUT2D eigenvalue weighted by molar-refractivity contribution is 14.0. The molecule has 5 nitrogen and oxygen atoms in total. The van der Waals surface area contributed by atoms with Gasteiger partial charge in [0.05, 0.1) is 10.5 Å². The van der Waals surface area contributed by atoms with Crippen LogP contribution in [0.5, 0.6) is 0 Å². The highest BCUT2D eigenvalue weighted by Crippen LogP contribution is 2.29. The Morgan fingerprint density at radius 2 is 1.96 bits per heavy atom. The summed E-state index contributed by atoms with van der Waals surface area (Å²) in [5.74, 6) is 1.99. The second-order valence-electron chi connectivity index (χ2n) is 6.66. The van der Waals surface area contributed by atoms with E-state index in [-0.39, 0.29) is 29.7 Å². The zero-order valence-corrected chi connectivity index (χ0v) is 18.8. The second-order valence-corrected chi connectivity index (χ2v) is 11.1. The average Bonchev–Trinajstić information content (AvgIpc) is 2.84. The van der Waals surface area contributed by atoms with Crippen molar-refractivity contribution in [1.29, 1.82) is 0 Å². The van der Waals surface area contributed by atoms with Crippen LogP contribution < -0.4 is 10.6 Å². The lowest BCUT2D eigenvalue weighted by Crippen LogP contribution is -2.45. The standard InChI is InChI=1S/C15H31N3O2S2.HI/c1-6-21-13-8-7-12(11-13)18-14(16-5)17-9-10-22(19,20)15(2,3)4;/h12-13H,6-11H2,1-5H3,(H2,16,17,18);1H. The van der Waals surface area contributed by atoms with Crippen molar-refractivity contribution in [2.24, 2.45) is 4.99 Å². The second kappa shape index (κ2) is 10.3. The van der Waals surface area contributed by atoms with Gasteiger partial charge >= 0.3 is 0 Å². The molecule has 0 aliphatic heterocycles. The van der Waals surface area contributed by atoms with Gasteiger partial charge in [-0.3, -0.25) is 4.99 Å². The molecule has 1 saturated carbocycles. The maximum absolute atomic E-state index is 12.1. The van der Waals surface area contributed by atoms with E-state index in [9.17, 15) is 8.42 Å². The van der Waals surface area contributed by atoms with Gasteiger partial charge in [-0.2, -0.15) is 11.8 Å². The topological polar surface area (TPSA) is 70.6 Å². The fraction of sp³-hybridized carbons (Fsp3) is 0.933. The predicted octanol–water partition coefficient (Wildman–Crippen LogP) is 2.66. The van der Waals surface area contributed by atoms with Crippen LogP contribution >= 0.6 is 35.7 Å². The highest BCUT2D eigenvalue weighted by Gasteiger charge is 2.28. The van der Waals surface area contributed by atoms with E-state index in [1.807, 2.05) is 11.8 Å². The summed E-state index contributed by atoms with van der Waals surface area (Å²) < 4.78 is 23.4. The number of nitrogens with zero attached hydrogens (tertiary/aromatic N) is 1. The molecule has 0 aromatic carbocycles.